The minimum absolute atomic E-state index is 0.0745. The van der Waals surface area contributed by atoms with Crippen molar-refractivity contribution in [2.24, 2.45) is 5.92 Å². The van der Waals surface area contributed by atoms with E-state index in [1.165, 1.54) is 0 Å². The molecule has 0 unspecified atom stereocenters. The number of benzene rings is 1. The zero-order valence-electron chi connectivity index (χ0n) is 9.70. The molecule has 0 aromatic heterocycles. The second-order valence-electron chi connectivity index (χ2n) is 4.09. The Morgan fingerprint density at radius 1 is 1.31 bits per heavy atom. The summed E-state index contributed by atoms with van der Waals surface area (Å²) in [7, 11) is 0. The van der Waals surface area contributed by atoms with E-state index in [1.54, 1.807) is 12.1 Å². The Bertz CT molecular complexity index is 330. The van der Waals surface area contributed by atoms with Crippen molar-refractivity contribution in [3.8, 4) is 5.75 Å². The molecule has 0 aliphatic heterocycles. The summed E-state index contributed by atoms with van der Waals surface area (Å²) in [5.41, 5.74) is 0.692. The first-order chi connectivity index (χ1) is 7.63. The summed E-state index contributed by atoms with van der Waals surface area (Å²) in [6.07, 6.45) is 0.383. The Kier molecular flexibility index (Phi) is 5.33. The predicted octanol–water partition coefficient (Wildman–Crippen LogP) is 3.53. The summed E-state index contributed by atoms with van der Waals surface area (Å²) in [5, 5.41) is 0. The third-order valence-electron chi connectivity index (χ3n) is 2.08. The van der Waals surface area contributed by atoms with Crippen LogP contribution < -0.4 is 4.74 Å². The number of ether oxygens (including phenoxy) is 1. The molecule has 0 saturated heterocycles. The summed E-state index contributed by atoms with van der Waals surface area (Å²) in [4.78, 5) is 11.5. The molecule has 16 heavy (non-hydrogen) atoms. The van der Waals surface area contributed by atoms with Gasteiger partial charge in [0.2, 0.25) is 0 Å². The van der Waals surface area contributed by atoms with Crippen LogP contribution in [0, 0.1) is 5.92 Å². The molecule has 0 saturated carbocycles. The zero-order chi connectivity index (χ0) is 12.0. The Morgan fingerprint density at radius 3 is 2.44 bits per heavy atom. The van der Waals surface area contributed by atoms with Crippen LogP contribution in [0.25, 0.3) is 0 Å². The Morgan fingerprint density at radius 2 is 1.94 bits per heavy atom. The first-order valence-corrected chi connectivity index (χ1v) is 5.99. The first kappa shape index (κ1) is 13.0. The molecule has 0 N–H and O–H groups in total. The summed E-state index contributed by atoms with van der Waals surface area (Å²) in [6.45, 7) is 4.88. The molecule has 0 heterocycles. The van der Waals surface area contributed by atoms with Gasteiger partial charge in [-0.25, -0.2) is 0 Å². The molecule has 0 amide bonds. The highest BCUT2D eigenvalue weighted by Crippen LogP contribution is 2.14. The molecule has 88 valence electrons. The van der Waals surface area contributed by atoms with Gasteiger partial charge in [0.25, 0.3) is 0 Å². The Balaban J connectivity index is 2.57. The summed E-state index contributed by atoms with van der Waals surface area (Å²) in [6, 6.07) is 7.21. The quantitative estimate of drug-likeness (QED) is 0.562. The monoisotopic (exact) mass is 240 g/mol. The van der Waals surface area contributed by atoms with Crippen LogP contribution in [0.2, 0.25) is 0 Å². The van der Waals surface area contributed by atoms with Crippen LogP contribution in [0.4, 0.5) is 0 Å². The van der Waals surface area contributed by atoms with E-state index in [1.807, 2.05) is 12.1 Å². The SMILES string of the molecule is CC(C)COc1ccc(C(=O)CCCl)cc1. The first-order valence-electron chi connectivity index (χ1n) is 5.45. The van der Waals surface area contributed by atoms with Gasteiger partial charge in [0, 0.05) is 17.9 Å². The average molecular weight is 241 g/mol. The van der Waals surface area contributed by atoms with Crippen molar-refractivity contribution in [3.05, 3.63) is 29.8 Å². The molecule has 1 rings (SSSR count). The highest BCUT2D eigenvalue weighted by Gasteiger charge is 2.05. The van der Waals surface area contributed by atoms with Crippen molar-refractivity contribution < 1.29 is 9.53 Å². The van der Waals surface area contributed by atoms with Crippen LogP contribution >= 0.6 is 11.6 Å². The van der Waals surface area contributed by atoms with Gasteiger partial charge in [0.05, 0.1) is 6.61 Å². The van der Waals surface area contributed by atoms with E-state index in [-0.39, 0.29) is 5.78 Å². The maximum Gasteiger partial charge on any atom is 0.164 e. The Hall–Kier alpha value is -1.02. The number of carbonyl (C=O) groups is 1. The molecular formula is C13H17ClO2. The largest absolute Gasteiger partial charge is 0.493 e. The number of ketones is 1. The lowest BCUT2D eigenvalue weighted by Crippen LogP contribution is -2.05. The van der Waals surface area contributed by atoms with Gasteiger partial charge in [-0.3, -0.25) is 4.79 Å². The molecule has 0 bridgehead atoms. The third-order valence-corrected chi connectivity index (χ3v) is 2.27. The Labute approximate surface area is 102 Å². The lowest BCUT2D eigenvalue weighted by Gasteiger charge is -2.08. The minimum atomic E-state index is 0.0745. The molecule has 0 atom stereocenters. The maximum atomic E-state index is 11.5. The molecule has 1 aromatic carbocycles. The van der Waals surface area contributed by atoms with Crippen LogP contribution in [-0.4, -0.2) is 18.3 Å². The molecule has 3 heteroatoms. The number of alkyl halides is 1. The summed E-state index contributed by atoms with van der Waals surface area (Å²) >= 11 is 5.52. The normalized spacial score (nSPS) is 10.5. The molecular weight excluding hydrogens is 224 g/mol. The van der Waals surface area contributed by atoms with E-state index >= 15 is 0 Å². The number of Topliss-reactive ketones (excluding diaryl/α,β-unsaturated/α-hetero) is 1. The molecule has 0 radical (unpaired) electrons. The fraction of sp³-hybridized carbons (Fsp3) is 0.462. The van der Waals surface area contributed by atoms with E-state index in [9.17, 15) is 4.79 Å². The zero-order valence-corrected chi connectivity index (χ0v) is 10.5. The van der Waals surface area contributed by atoms with Crippen molar-refractivity contribution >= 4 is 17.4 Å². The second kappa shape index (κ2) is 6.54. The van der Waals surface area contributed by atoms with Crippen molar-refractivity contribution in [1.29, 1.82) is 0 Å². The van der Waals surface area contributed by atoms with Gasteiger partial charge < -0.3 is 4.74 Å². The van der Waals surface area contributed by atoms with Crippen molar-refractivity contribution in [2.45, 2.75) is 20.3 Å². The van der Waals surface area contributed by atoms with E-state index < -0.39 is 0 Å². The van der Waals surface area contributed by atoms with Crippen LogP contribution in [-0.2, 0) is 0 Å². The smallest absolute Gasteiger partial charge is 0.164 e. The van der Waals surface area contributed by atoms with E-state index in [0.717, 1.165) is 5.75 Å². The van der Waals surface area contributed by atoms with Crippen LogP contribution in [0.5, 0.6) is 5.75 Å². The van der Waals surface area contributed by atoms with Crippen LogP contribution in [0.3, 0.4) is 0 Å². The highest BCUT2D eigenvalue weighted by atomic mass is 35.5. The molecule has 2 nitrogen and oxygen atoms in total. The predicted molar refractivity (Wildman–Crippen MR) is 66.4 cm³/mol. The number of hydrogen-bond donors (Lipinski definition) is 0. The molecule has 0 aliphatic rings. The van der Waals surface area contributed by atoms with E-state index in [4.69, 9.17) is 16.3 Å². The van der Waals surface area contributed by atoms with Gasteiger partial charge in [-0.05, 0) is 30.2 Å². The summed E-state index contributed by atoms with van der Waals surface area (Å²) in [5.74, 6) is 1.74. The standard InChI is InChI=1S/C13H17ClO2/c1-10(2)9-16-12-5-3-11(4-6-12)13(15)7-8-14/h3-6,10H,7-9H2,1-2H3. The van der Waals surface area contributed by atoms with Gasteiger partial charge in [-0.2, -0.15) is 0 Å². The molecule has 0 aliphatic carbocycles. The average Bonchev–Trinajstić information content (AvgIpc) is 2.27. The number of hydrogen-bond acceptors (Lipinski definition) is 2. The lowest BCUT2D eigenvalue weighted by molar-refractivity contribution is 0.0989. The van der Waals surface area contributed by atoms with Gasteiger partial charge in [-0.15, -0.1) is 11.6 Å². The number of carbonyl (C=O) groups excluding carboxylic acids is 1. The van der Waals surface area contributed by atoms with Gasteiger partial charge in [-0.1, -0.05) is 13.8 Å². The van der Waals surface area contributed by atoms with Crippen LogP contribution in [0.1, 0.15) is 30.6 Å². The van der Waals surface area contributed by atoms with E-state index in [2.05, 4.69) is 13.8 Å². The van der Waals surface area contributed by atoms with Crippen LogP contribution in [0.15, 0.2) is 24.3 Å². The van der Waals surface area contributed by atoms with Gasteiger partial charge in [0.15, 0.2) is 5.78 Å². The fourth-order valence-corrected chi connectivity index (χ4v) is 1.40. The van der Waals surface area contributed by atoms with Crippen molar-refractivity contribution in [2.75, 3.05) is 12.5 Å². The number of halogens is 1. The number of rotatable bonds is 6. The maximum absolute atomic E-state index is 11.5. The van der Waals surface area contributed by atoms with E-state index in [0.29, 0.717) is 30.4 Å². The van der Waals surface area contributed by atoms with Gasteiger partial charge >= 0.3 is 0 Å². The van der Waals surface area contributed by atoms with Crippen molar-refractivity contribution in [3.63, 3.8) is 0 Å². The van der Waals surface area contributed by atoms with Crippen molar-refractivity contribution in [1.82, 2.24) is 0 Å². The molecule has 0 fully saturated rings. The molecule has 0 spiro atoms. The summed E-state index contributed by atoms with van der Waals surface area (Å²) < 4.78 is 5.52. The highest BCUT2D eigenvalue weighted by molar-refractivity contribution is 6.19. The third kappa shape index (κ3) is 4.23. The second-order valence-corrected chi connectivity index (χ2v) is 4.47. The molecule has 1 aromatic rings. The fourth-order valence-electron chi connectivity index (χ4n) is 1.23. The minimum Gasteiger partial charge on any atom is -0.493 e. The van der Waals surface area contributed by atoms with Gasteiger partial charge in [0.1, 0.15) is 5.75 Å². The topological polar surface area (TPSA) is 26.3 Å². The lowest BCUT2D eigenvalue weighted by atomic mass is 10.1.